The number of nitrogens with one attached hydrogen (secondary N) is 2. The van der Waals surface area contributed by atoms with Gasteiger partial charge in [0.05, 0.1) is 6.54 Å². The minimum atomic E-state index is -1.09. The lowest BCUT2D eigenvalue weighted by atomic mass is 9.96. The molecule has 86 valence electrons. The normalized spacial score (nSPS) is 19.3. The Morgan fingerprint density at radius 1 is 1.47 bits per heavy atom. The lowest BCUT2D eigenvalue weighted by molar-refractivity contribution is -0.147. The van der Waals surface area contributed by atoms with E-state index in [9.17, 15) is 9.59 Å². The van der Waals surface area contributed by atoms with E-state index in [1.165, 1.54) is 0 Å². The maximum absolute atomic E-state index is 11.4. The van der Waals surface area contributed by atoms with Crippen molar-refractivity contribution in [2.24, 2.45) is 5.92 Å². The maximum atomic E-state index is 11.4. The van der Waals surface area contributed by atoms with Crippen molar-refractivity contribution in [2.45, 2.75) is 32.2 Å². The topological polar surface area (TPSA) is 78.4 Å². The lowest BCUT2D eigenvalue weighted by Crippen LogP contribution is -2.55. The van der Waals surface area contributed by atoms with Crippen LogP contribution in [0.4, 0.5) is 0 Å². The summed E-state index contributed by atoms with van der Waals surface area (Å²) in [6.45, 7) is 4.34. The van der Waals surface area contributed by atoms with Crippen LogP contribution >= 0.6 is 0 Å². The van der Waals surface area contributed by atoms with Gasteiger partial charge in [-0.05, 0) is 32.2 Å². The smallest absolute Gasteiger partial charge is 0.329 e. The number of carboxylic acid groups (broad SMARTS) is 1. The molecule has 1 fully saturated rings. The van der Waals surface area contributed by atoms with Gasteiger partial charge in [-0.15, -0.1) is 0 Å². The van der Waals surface area contributed by atoms with Crippen molar-refractivity contribution < 1.29 is 14.7 Å². The van der Waals surface area contributed by atoms with Crippen LogP contribution < -0.4 is 10.6 Å². The first-order valence-electron chi connectivity index (χ1n) is 5.25. The van der Waals surface area contributed by atoms with Crippen molar-refractivity contribution in [3.8, 4) is 0 Å². The van der Waals surface area contributed by atoms with Crippen LogP contribution in [0.2, 0.25) is 0 Å². The van der Waals surface area contributed by atoms with Crippen LogP contribution in [0.25, 0.3) is 0 Å². The van der Waals surface area contributed by atoms with Crippen molar-refractivity contribution in [3.63, 3.8) is 0 Å². The first-order valence-corrected chi connectivity index (χ1v) is 5.25. The first kappa shape index (κ1) is 12.0. The summed E-state index contributed by atoms with van der Waals surface area (Å²) in [4.78, 5) is 22.5. The highest BCUT2D eigenvalue weighted by molar-refractivity contribution is 5.88. The number of carbonyl (C=O) groups is 2. The monoisotopic (exact) mass is 214 g/mol. The maximum Gasteiger partial charge on any atom is 0.329 e. The van der Waals surface area contributed by atoms with Gasteiger partial charge in [0.15, 0.2) is 0 Å². The predicted molar refractivity (Wildman–Crippen MR) is 55.5 cm³/mol. The number of hydrogen-bond acceptors (Lipinski definition) is 3. The van der Waals surface area contributed by atoms with Gasteiger partial charge >= 0.3 is 5.97 Å². The average Bonchev–Trinajstić information content (AvgIpc) is 2.97. The SMILES string of the molecule is CCNCC(=O)NC(C)(C(=O)O)C1CC1. The highest BCUT2D eigenvalue weighted by atomic mass is 16.4. The molecule has 1 aliphatic carbocycles. The average molecular weight is 214 g/mol. The Bertz CT molecular complexity index is 263. The van der Waals surface area contributed by atoms with Crippen LogP contribution in [0.1, 0.15) is 26.7 Å². The Morgan fingerprint density at radius 3 is 2.47 bits per heavy atom. The molecule has 0 bridgehead atoms. The van der Waals surface area contributed by atoms with E-state index >= 15 is 0 Å². The van der Waals surface area contributed by atoms with Gasteiger partial charge in [-0.3, -0.25) is 4.79 Å². The van der Waals surface area contributed by atoms with Crippen LogP contribution in [0, 0.1) is 5.92 Å². The summed E-state index contributed by atoms with van der Waals surface area (Å²) in [5, 5.41) is 14.5. The molecule has 0 aromatic heterocycles. The molecule has 0 aliphatic heterocycles. The second kappa shape index (κ2) is 4.61. The van der Waals surface area contributed by atoms with Gasteiger partial charge < -0.3 is 15.7 Å². The van der Waals surface area contributed by atoms with E-state index in [4.69, 9.17) is 5.11 Å². The van der Waals surface area contributed by atoms with E-state index in [0.29, 0.717) is 6.54 Å². The third-order valence-corrected chi connectivity index (χ3v) is 2.77. The molecule has 1 atom stereocenters. The Morgan fingerprint density at radius 2 is 2.07 bits per heavy atom. The van der Waals surface area contributed by atoms with E-state index in [1.54, 1.807) is 6.92 Å². The summed E-state index contributed by atoms with van der Waals surface area (Å²) < 4.78 is 0. The standard InChI is InChI=1S/C10H18N2O3/c1-3-11-6-8(13)12-10(2,9(14)15)7-4-5-7/h7,11H,3-6H2,1-2H3,(H,12,13)(H,14,15). The van der Waals surface area contributed by atoms with E-state index in [0.717, 1.165) is 12.8 Å². The van der Waals surface area contributed by atoms with Gasteiger partial charge in [-0.2, -0.15) is 0 Å². The van der Waals surface area contributed by atoms with E-state index in [-0.39, 0.29) is 18.4 Å². The Hall–Kier alpha value is -1.10. The van der Waals surface area contributed by atoms with Crippen LogP contribution in [-0.2, 0) is 9.59 Å². The van der Waals surface area contributed by atoms with Crippen molar-refractivity contribution in [1.29, 1.82) is 0 Å². The molecule has 0 aromatic rings. The molecule has 1 rings (SSSR count). The second-order valence-electron chi connectivity index (χ2n) is 4.11. The Balaban J connectivity index is 2.51. The van der Waals surface area contributed by atoms with Crippen LogP contribution in [0.5, 0.6) is 0 Å². The number of aliphatic carboxylic acids is 1. The Labute approximate surface area is 89.2 Å². The number of carboxylic acids is 1. The van der Waals surface area contributed by atoms with Crippen molar-refractivity contribution in [1.82, 2.24) is 10.6 Å². The number of amides is 1. The number of rotatable bonds is 6. The van der Waals surface area contributed by atoms with Crippen molar-refractivity contribution in [2.75, 3.05) is 13.1 Å². The third-order valence-electron chi connectivity index (χ3n) is 2.77. The molecule has 15 heavy (non-hydrogen) atoms. The number of hydrogen-bond donors (Lipinski definition) is 3. The summed E-state index contributed by atoms with van der Waals surface area (Å²) in [5.74, 6) is -1.12. The highest BCUT2D eigenvalue weighted by Crippen LogP contribution is 2.39. The molecule has 0 heterocycles. The summed E-state index contributed by atoms with van der Waals surface area (Å²) >= 11 is 0. The molecule has 0 radical (unpaired) electrons. The van der Waals surface area contributed by atoms with Crippen molar-refractivity contribution >= 4 is 11.9 Å². The van der Waals surface area contributed by atoms with Gasteiger partial charge in [0, 0.05) is 0 Å². The first-order chi connectivity index (χ1) is 7.00. The minimum Gasteiger partial charge on any atom is -0.480 e. The molecule has 0 saturated heterocycles. The van der Waals surface area contributed by atoms with Crippen LogP contribution in [0.15, 0.2) is 0 Å². The Kier molecular flexibility index (Phi) is 3.68. The number of likely N-dealkylation sites (N-methyl/N-ethyl adjacent to an activating group) is 1. The molecule has 0 aromatic carbocycles. The molecule has 5 nitrogen and oxygen atoms in total. The zero-order chi connectivity index (χ0) is 11.5. The fraction of sp³-hybridized carbons (Fsp3) is 0.800. The molecule has 1 saturated carbocycles. The zero-order valence-corrected chi connectivity index (χ0v) is 9.17. The largest absolute Gasteiger partial charge is 0.480 e. The molecule has 1 unspecified atom stereocenters. The van der Waals surface area contributed by atoms with Crippen LogP contribution in [0.3, 0.4) is 0 Å². The van der Waals surface area contributed by atoms with Crippen LogP contribution in [-0.4, -0.2) is 35.6 Å². The van der Waals surface area contributed by atoms with Gasteiger partial charge in [0.2, 0.25) is 5.91 Å². The molecular weight excluding hydrogens is 196 g/mol. The second-order valence-corrected chi connectivity index (χ2v) is 4.11. The third kappa shape index (κ3) is 2.92. The molecule has 3 N–H and O–H groups in total. The molecular formula is C10H18N2O3. The zero-order valence-electron chi connectivity index (χ0n) is 9.17. The van der Waals surface area contributed by atoms with Crippen molar-refractivity contribution in [3.05, 3.63) is 0 Å². The predicted octanol–water partition coefficient (Wildman–Crippen LogP) is -0.0346. The van der Waals surface area contributed by atoms with Gasteiger partial charge in [-0.25, -0.2) is 4.79 Å². The van der Waals surface area contributed by atoms with Gasteiger partial charge in [-0.1, -0.05) is 6.92 Å². The quantitative estimate of drug-likeness (QED) is 0.580. The lowest BCUT2D eigenvalue weighted by Gasteiger charge is -2.26. The van der Waals surface area contributed by atoms with E-state index in [1.807, 2.05) is 6.92 Å². The highest BCUT2D eigenvalue weighted by Gasteiger charge is 2.48. The van der Waals surface area contributed by atoms with Gasteiger partial charge in [0.1, 0.15) is 5.54 Å². The molecule has 1 amide bonds. The summed E-state index contributed by atoms with van der Waals surface area (Å²) in [5.41, 5.74) is -1.09. The summed E-state index contributed by atoms with van der Waals surface area (Å²) in [6.07, 6.45) is 1.76. The summed E-state index contributed by atoms with van der Waals surface area (Å²) in [6, 6.07) is 0. The molecule has 5 heteroatoms. The van der Waals surface area contributed by atoms with E-state index in [2.05, 4.69) is 10.6 Å². The fourth-order valence-corrected chi connectivity index (χ4v) is 1.56. The van der Waals surface area contributed by atoms with E-state index < -0.39 is 11.5 Å². The summed E-state index contributed by atoms with van der Waals surface area (Å²) in [7, 11) is 0. The number of carbonyl (C=O) groups excluding carboxylic acids is 1. The molecule has 0 spiro atoms. The van der Waals surface area contributed by atoms with Gasteiger partial charge in [0.25, 0.3) is 0 Å². The molecule has 1 aliphatic rings. The minimum absolute atomic E-state index is 0.0839. The fourth-order valence-electron chi connectivity index (χ4n) is 1.56.